The zero-order valence-electron chi connectivity index (χ0n) is 11.1. The van der Waals surface area contributed by atoms with Gasteiger partial charge < -0.3 is 15.2 Å². The summed E-state index contributed by atoms with van der Waals surface area (Å²) in [4.78, 5) is 20.0. The van der Waals surface area contributed by atoms with Crippen molar-refractivity contribution >= 4 is 5.91 Å². The lowest BCUT2D eigenvalue weighted by molar-refractivity contribution is -0.124. The molecule has 1 unspecified atom stereocenters. The molecule has 7 nitrogen and oxygen atoms in total. The molecule has 2 aromatic rings. The Hall–Kier alpha value is -2.28. The molecule has 0 radical (unpaired) electrons. The largest absolute Gasteiger partial charge is 0.353 e. The van der Waals surface area contributed by atoms with Crippen LogP contribution in [-0.4, -0.2) is 40.2 Å². The summed E-state index contributed by atoms with van der Waals surface area (Å²) in [5, 5.41) is 9.89. The molecule has 0 aromatic carbocycles. The van der Waals surface area contributed by atoms with E-state index in [1.165, 1.54) is 0 Å². The molecule has 3 heterocycles. The normalized spacial score (nSPS) is 18.9. The summed E-state index contributed by atoms with van der Waals surface area (Å²) in [6, 6.07) is 1.53. The van der Waals surface area contributed by atoms with E-state index < -0.39 is 0 Å². The number of piperazine rings is 1. The highest BCUT2D eigenvalue weighted by Crippen LogP contribution is 2.19. The highest BCUT2D eigenvalue weighted by molar-refractivity contribution is 5.82. The fraction of sp³-hybridized carbons (Fsp3) is 0.385. The van der Waals surface area contributed by atoms with Crippen molar-refractivity contribution < 1.29 is 9.32 Å². The van der Waals surface area contributed by atoms with Crippen LogP contribution in [0.5, 0.6) is 0 Å². The first-order chi connectivity index (χ1) is 9.74. The van der Waals surface area contributed by atoms with Crippen molar-refractivity contribution in [2.24, 2.45) is 0 Å². The van der Waals surface area contributed by atoms with Gasteiger partial charge in [-0.05, 0) is 18.6 Å². The Morgan fingerprint density at radius 3 is 3.15 bits per heavy atom. The van der Waals surface area contributed by atoms with Crippen LogP contribution in [0.4, 0.5) is 0 Å². The van der Waals surface area contributed by atoms with E-state index in [9.17, 15) is 4.79 Å². The molecular weight excluding hydrogens is 258 g/mol. The Kier molecular flexibility index (Phi) is 3.42. The van der Waals surface area contributed by atoms with Gasteiger partial charge in [-0.1, -0.05) is 5.16 Å². The minimum absolute atomic E-state index is 0.0314. The number of hydrogen-bond acceptors (Lipinski definition) is 6. The number of pyridine rings is 1. The van der Waals surface area contributed by atoms with Gasteiger partial charge in [0.15, 0.2) is 0 Å². The van der Waals surface area contributed by atoms with Crippen molar-refractivity contribution in [1.29, 1.82) is 0 Å². The van der Waals surface area contributed by atoms with Crippen LogP contribution in [0.25, 0.3) is 11.4 Å². The van der Waals surface area contributed by atoms with Gasteiger partial charge in [-0.2, -0.15) is 4.98 Å². The van der Waals surface area contributed by atoms with E-state index in [4.69, 9.17) is 4.52 Å². The van der Waals surface area contributed by atoms with Gasteiger partial charge in [0.05, 0.1) is 12.5 Å². The number of aryl methyl sites for hydroxylation is 1. The molecule has 7 heteroatoms. The van der Waals surface area contributed by atoms with Crippen LogP contribution in [0.15, 0.2) is 23.0 Å². The lowest BCUT2D eigenvalue weighted by Crippen LogP contribution is -2.53. The zero-order valence-corrected chi connectivity index (χ0v) is 11.1. The lowest BCUT2D eigenvalue weighted by Gasteiger charge is -2.21. The van der Waals surface area contributed by atoms with Crippen molar-refractivity contribution in [2.45, 2.75) is 19.4 Å². The van der Waals surface area contributed by atoms with E-state index in [0.717, 1.165) is 17.7 Å². The van der Waals surface area contributed by atoms with E-state index in [1.807, 2.05) is 13.0 Å². The van der Waals surface area contributed by atoms with Gasteiger partial charge in [0.25, 0.3) is 0 Å². The topological polar surface area (TPSA) is 92.9 Å². The molecule has 0 aliphatic carbocycles. The Morgan fingerprint density at radius 1 is 1.45 bits per heavy atom. The van der Waals surface area contributed by atoms with Gasteiger partial charge >= 0.3 is 0 Å². The molecule has 104 valence electrons. The number of carbonyl (C=O) groups is 1. The minimum atomic E-state index is -0.310. The molecule has 1 fully saturated rings. The number of rotatable bonds is 3. The second-order valence-electron chi connectivity index (χ2n) is 4.70. The summed E-state index contributed by atoms with van der Waals surface area (Å²) in [6.45, 7) is 3.34. The smallest absolute Gasteiger partial charge is 0.237 e. The number of carbonyl (C=O) groups excluding carboxylic acids is 1. The van der Waals surface area contributed by atoms with Gasteiger partial charge in [0.1, 0.15) is 0 Å². The summed E-state index contributed by atoms with van der Waals surface area (Å²) in [6.07, 6.45) is 3.83. The monoisotopic (exact) mass is 273 g/mol. The van der Waals surface area contributed by atoms with Crippen LogP contribution in [-0.2, 0) is 11.2 Å². The van der Waals surface area contributed by atoms with Crippen molar-refractivity contribution in [3.8, 4) is 11.4 Å². The van der Waals surface area contributed by atoms with Crippen LogP contribution < -0.4 is 10.6 Å². The number of nitrogens with one attached hydrogen (secondary N) is 2. The lowest BCUT2D eigenvalue weighted by atomic mass is 10.1. The minimum Gasteiger partial charge on any atom is -0.353 e. The van der Waals surface area contributed by atoms with E-state index in [0.29, 0.717) is 24.7 Å². The molecule has 0 saturated carbocycles. The molecule has 1 aliphatic heterocycles. The molecule has 1 amide bonds. The average molecular weight is 273 g/mol. The van der Waals surface area contributed by atoms with Gasteiger partial charge in [-0.3, -0.25) is 9.78 Å². The molecule has 1 saturated heterocycles. The van der Waals surface area contributed by atoms with E-state index in [-0.39, 0.29) is 11.9 Å². The van der Waals surface area contributed by atoms with Crippen LogP contribution in [0.3, 0.4) is 0 Å². The number of amides is 1. The Bertz CT molecular complexity index is 625. The Morgan fingerprint density at radius 2 is 2.35 bits per heavy atom. The third-order valence-corrected chi connectivity index (χ3v) is 3.24. The van der Waals surface area contributed by atoms with Crippen molar-refractivity contribution in [3.05, 3.63) is 29.9 Å². The summed E-state index contributed by atoms with van der Waals surface area (Å²) in [7, 11) is 0. The molecule has 2 N–H and O–H groups in total. The third kappa shape index (κ3) is 2.53. The molecule has 2 aromatic heterocycles. The molecule has 0 spiro atoms. The van der Waals surface area contributed by atoms with Gasteiger partial charge in [0.2, 0.25) is 17.6 Å². The van der Waals surface area contributed by atoms with Crippen LogP contribution >= 0.6 is 0 Å². The van der Waals surface area contributed by atoms with E-state index in [2.05, 4.69) is 25.8 Å². The van der Waals surface area contributed by atoms with Gasteiger partial charge in [0, 0.05) is 31.0 Å². The predicted molar refractivity (Wildman–Crippen MR) is 70.8 cm³/mol. The quantitative estimate of drug-likeness (QED) is 0.822. The fourth-order valence-corrected chi connectivity index (χ4v) is 2.16. The first-order valence-electron chi connectivity index (χ1n) is 6.48. The average Bonchev–Trinajstić information content (AvgIpc) is 2.90. The maximum Gasteiger partial charge on any atom is 0.237 e. The Balaban J connectivity index is 1.77. The molecule has 20 heavy (non-hydrogen) atoms. The van der Waals surface area contributed by atoms with Crippen molar-refractivity contribution in [3.63, 3.8) is 0 Å². The third-order valence-electron chi connectivity index (χ3n) is 3.24. The maximum absolute atomic E-state index is 11.7. The number of hydrogen-bond donors (Lipinski definition) is 2. The summed E-state index contributed by atoms with van der Waals surface area (Å²) >= 11 is 0. The number of nitrogens with zero attached hydrogens (tertiary/aromatic N) is 3. The first-order valence-corrected chi connectivity index (χ1v) is 6.48. The van der Waals surface area contributed by atoms with Crippen molar-refractivity contribution in [2.75, 3.05) is 13.1 Å². The van der Waals surface area contributed by atoms with E-state index >= 15 is 0 Å². The van der Waals surface area contributed by atoms with Crippen LogP contribution in [0, 0.1) is 6.92 Å². The second-order valence-corrected chi connectivity index (χ2v) is 4.70. The highest BCUT2D eigenvalue weighted by atomic mass is 16.5. The molecule has 1 aliphatic rings. The predicted octanol–water partition coefficient (Wildman–Crippen LogP) is 0.0705. The molecule has 3 rings (SSSR count). The molecule has 1 atom stereocenters. The van der Waals surface area contributed by atoms with Crippen LogP contribution in [0.1, 0.15) is 11.5 Å². The van der Waals surface area contributed by atoms with Crippen LogP contribution in [0.2, 0.25) is 0 Å². The molecule has 0 bridgehead atoms. The first kappa shape index (κ1) is 12.7. The summed E-state index contributed by atoms with van der Waals surface area (Å²) in [5.41, 5.74) is 1.87. The van der Waals surface area contributed by atoms with Crippen molar-refractivity contribution in [1.82, 2.24) is 25.8 Å². The van der Waals surface area contributed by atoms with Gasteiger partial charge in [-0.25, -0.2) is 0 Å². The van der Waals surface area contributed by atoms with Gasteiger partial charge in [-0.15, -0.1) is 0 Å². The number of aromatic nitrogens is 3. The maximum atomic E-state index is 11.7. The second kappa shape index (κ2) is 5.38. The summed E-state index contributed by atoms with van der Waals surface area (Å²) < 4.78 is 5.22. The standard InChI is InChI=1S/C13H15N5O2/c1-8-7-14-3-2-9(8)12-17-11(20-18-12)6-10-13(19)16-5-4-15-10/h2-3,7,10,15H,4-6H2,1H3,(H,16,19). The fourth-order valence-electron chi connectivity index (χ4n) is 2.16. The SMILES string of the molecule is Cc1cnccc1-c1noc(CC2NCCNC2=O)n1. The Labute approximate surface area is 115 Å². The zero-order chi connectivity index (χ0) is 13.9. The molecular formula is C13H15N5O2. The van der Waals surface area contributed by atoms with E-state index in [1.54, 1.807) is 12.4 Å². The highest BCUT2D eigenvalue weighted by Gasteiger charge is 2.24. The summed E-state index contributed by atoms with van der Waals surface area (Å²) in [5.74, 6) is 0.943.